The predicted octanol–water partition coefficient (Wildman–Crippen LogP) is 2.25. The molecule has 1 aromatic carbocycles. The van der Waals surface area contributed by atoms with Gasteiger partial charge in [0.15, 0.2) is 0 Å². The van der Waals surface area contributed by atoms with Crippen molar-refractivity contribution >= 4 is 11.0 Å². The van der Waals surface area contributed by atoms with Crippen LogP contribution in [-0.4, -0.2) is 41.0 Å². The lowest BCUT2D eigenvalue weighted by molar-refractivity contribution is -0.137. The van der Waals surface area contributed by atoms with Crippen LogP contribution in [0.25, 0.3) is 11.0 Å². The SMILES string of the molecule is CC(NCC1(CO)COC1)c1nc2cc(C(F)(F)F)ccc2n1C. The van der Waals surface area contributed by atoms with Gasteiger partial charge in [-0.25, -0.2) is 4.98 Å². The molecule has 1 aromatic heterocycles. The molecule has 2 N–H and O–H groups in total. The number of benzene rings is 1. The number of aliphatic hydroxyl groups is 1. The highest BCUT2D eigenvalue weighted by Crippen LogP contribution is 2.32. The fourth-order valence-electron chi connectivity index (χ4n) is 2.88. The minimum atomic E-state index is -4.38. The lowest BCUT2D eigenvalue weighted by Gasteiger charge is -2.40. The maximum Gasteiger partial charge on any atom is 0.416 e. The van der Waals surface area contributed by atoms with E-state index in [4.69, 9.17) is 4.74 Å². The summed E-state index contributed by atoms with van der Waals surface area (Å²) in [6.45, 7) is 3.49. The van der Waals surface area contributed by atoms with E-state index in [0.29, 0.717) is 36.6 Å². The standard InChI is InChI=1S/C16H20F3N3O2/c1-10(20-6-15(7-23)8-24-9-15)14-21-12-5-11(16(17,18)19)3-4-13(12)22(14)2/h3-5,10,20,23H,6-9H2,1-2H3. The maximum atomic E-state index is 12.8. The van der Waals surface area contributed by atoms with Gasteiger partial charge in [-0.15, -0.1) is 0 Å². The normalized spacial score (nSPS) is 18.6. The van der Waals surface area contributed by atoms with Crippen molar-refractivity contribution in [3.63, 3.8) is 0 Å². The fraction of sp³-hybridized carbons (Fsp3) is 0.562. The van der Waals surface area contributed by atoms with Crippen molar-refractivity contribution in [3.8, 4) is 0 Å². The summed E-state index contributed by atoms with van der Waals surface area (Å²) in [5.41, 5.74) is -0.0103. The fourth-order valence-corrected chi connectivity index (χ4v) is 2.88. The molecule has 2 aromatic rings. The number of aryl methyl sites for hydroxylation is 1. The Labute approximate surface area is 137 Å². The van der Waals surface area contributed by atoms with Gasteiger partial charge < -0.3 is 19.7 Å². The summed E-state index contributed by atoms with van der Waals surface area (Å²) in [6.07, 6.45) is -4.38. The molecular formula is C16H20F3N3O2. The number of hydrogen-bond acceptors (Lipinski definition) is 4. The third-order valence-corrected chi connectivity index (χ3v) is 4.57. The molecule has 1 aliphatic heterocycles. The Morgan fingerprint density at radius 2 is 2.12 bits per heavy atom. The first-order valence-corrected chi connectivity index (χ1v) is 7.71. The molecule has 1 saturated heterocycles. The first-order chi connectivity index (χ1) is 11.3. The second-order valence-corrected chi connectivity index (χ2v) is 6.48. The molecule has 0 radical (unpaired) electrons. The van der Waals surface area contributed by atoms with Crippen LogP contribution in [0.15, 0.2) is 18.2 Å². The number of imidazole rings is 1. The van der Waals surface area contributed by atoms with Crippen molar-refractivity contribution in [1.82, 2.24) is 14.9 Å². The lowest BCUT2D eigenvalue weighted by atomic mass is 9.87. The second kappa shape index (κ2) is 6.02. The Morgan fingerprint density at radius 3 is 2.67 bits per heavy atom. The van der Waals surface area contributed by atoms with Crippen molar-refractivity contribution in [1.29, 1.82) is 0 Å². The van der Waals surface area contributed by atoms with Gasteiger partial charge in [-0.2, -0.15) is 13.2 Å². The van der Waals surface area contributed by atoms with Gasteiger partial charge in [0.05, 0.1) is 47.9 Å². The molecule has 1 fully saturated rings. The zero-order valence-corrected chi connectivity index (χ0v) is 13.5. The quantitative estimate of drug-likeness (QED) is 0.874. The van der Waals surface area contributed by atoms with Gasteiger partial charge in [0.1, 0.15) is 5.82 Å². The van der Waals surface area contributed by atoms with Crippen molar-refractivity contribution < 1.29 is 23.0 Å². The van der Waals surface area contributed by atoms with Crippen LogP contribution in [0, 0.1) is 5.41 Å². The molecule has 0 bridgehead atoms. The van der Waals surface area contributed by atoms with E-state index in [2.05, 4.69) is 10.3 Å². The highest BCUT2D eigenvalue weighted by Gasteiger charge is 2.38. The molecule has 0 spiro atoms. The zero-order valence-electron chi connectivity index (χ0n) is 13.5. The molecule has 0 saturated carbocycles. The Bertz CT molecular complexity index is 732. The van der Waals surface area contributed by atoms with Crippen LogP contribution in [0.1, 0.15) is 24.4 Å². The molecular weight excluding hydrogens is 323 g/mol. The average Bonchev–Trinajstić information content (AvgIpc) is 2.82. The Hall–Kier alpha value is -1.64. The van der Waals surface area contributed by atoms with Crippen LogP contribution in [0.5, 0.6) is 0 Å². The van der Waals surface area contributed by atoms with Crippen LogP contribution in [0.4, 0.5) is 13.2 Å². The van der Waals surface area contributed by atoms with E-state index in [9.17, 15) is 18.3 Å². The molecule has 1 unspecified atom stereocenters. The Kier molecular flexibility index (Phi) is 4.31. The van der Waals surface area contributed by atoms with Crippen LogP contribution in [-0.2, 0) is 18.0 Å². The van der Waals surface area contributed by atoms with E-state index in [-0.39, 0.29) is 18.1 Å². The summed E-state index contributed by atoms with van der Waals surface area (Å²) < 4.78 is 45.5. The van der Waals surface area contributed by atoms with E-state index in [1.807, 2.05) is 6.92 Å². The van der Waals surface area contributed by atoms with Crippen LogP contribution < -0.4 is 5.32 Å². The molecule has 3 rings (SSSR count). The molecule has 8 heteroatoms. The van der Waals surface area contributed by atoms with Crippen LogP contribution >= 0.6 is 0 Å². The predicted molar refractivity (Wildman–Crippen MR) is 82.5 cm³/mol. The number of rotatable bonds is 5. The number of fused-ring (bicyclic) bond motifs is 1. The summed E-state index contributed by atoms with van der Waals surface area (Å²) in [5, 5.41) is 12.7. The first kappa shape index (κ1) is 17.2. The highest BCUT2D eigenvalue weighted by molar-refractivity contribution is 5.77. The topological polar surface area (TPSA) is 59.3 Å². The molecule has 5 nitrogen and oxygen atoms in total. The van der Waals surface area contributed by atoms with E-state index >= 15 is 0 Å². The minimum absolute atomic E-state index is 0.0319. The van der Waals surface area contributed by atoms with Crippen molar-refractivity contribution in [2.45, 2.75) is 19.1 Å². The number of alkyl halides is 3. The zero-order chi connectivity index (χ0) is 17.5. The smallest absolute Gasteiger partial charge is 0.396 e. The third-order valence-electron chi connectivity index (χ3n) is 4.57. The van der Waals surface area contributed by atoms with Crippen molar-refractivity contribution in [2.75, 3.05) is 26.4 Å². The summed E-state index contributed by atoms with van der Waals surface area (Å²) in [7, 11) is 1.78. The van der Waals surface area contributed by atoms with E-state index < -0.39 is 11.7 Å². The summed E-state index contributed by atoms with van der Waals surface area (Å²) in [4.78, 5) is 4.36. The van der Waals surface area contributed by atoms with Crippen LogP contribution in [0.3, 0.4) is 0 Å². The Balaban J connectivity index is 1.82. The lowest BCUT2D eigenvalue weighted by Crippen LogP contribution is -2.52. The molecule has 1 atom stereocenters. The molecule has 0 aliphatic carbocycles. The largest absolute Gasteiger partial charge is 0.416 e. The van der Waals surface area contributed by atoms with E-state index in [1.165, 1.54) is 6.07 Å². The van der Waals surface area contributed by atoms with Gasteiger partial charge in [-0.05, 0) is 25.1 Å². The molecule has 1 aliphatic rings. The number of ether oxygens (including phenoxy) is 1. The van der Waals surface area contributed by atoms with Gasteiger partial charge in [-0.1, -0.05) is 0 Å². The number of aliphatic hydroxyl groups excluding tert-OH is 1. The van der Waals surface area contributed by atoms with Gasteiger partial charge in [0.2, 0.25) is 0 Å². The molecule has 0 amide bonds. The van der Waals surface area contributed by atoms with E-state index in [0.717, 1.165) is 12.1 Å². The van der Waals surface area contributed by atoms with Gasteiger partial charge >= 0.3 is 6.18 Å². The number of hydrogen-bond donors (Lipinski definition) is 2. The first-order valence-electron chi connectivity index (χ1n) is 7.71. The molecule has 132 valence electrons. The van der Waals surface area contributed by atoms with Crippen molar-refractivity contribution in [2.24, 2.45) is 12.5 Å². The van der Waals surface area contributed by atoms with Crippen molar-refractivity contribution in [3.05, 3.63) is 29.6 Å². The second-order valence-electron chi connectivity index (χ2n) is 6.48. The van der Waals surface area contributed by atoms with E-state index in [1.54, 1.807) is 11.6 Å². The number of aromatic nitrogens is 2. The monoisotopic (exact) mass is 343 g/mol. The summed E-state index contributed by atoms with van der Waals surface area (Å²) >= 11 is 0. The number of nitrogens with one attached hydrogen (secondary N) is 1. The third kappa shape index (κ3) is 3.01. The number of nitrogens with zero attached hydrogens (tertiary/aromatic N) is 2. The number of halogens is 3. The Morgan fingerprint density at radius 1 is 1.42 bits per heavy atom. The minimum Gasteiger partial charge on any atom is -0.396 e. The van der Waals surface area contributed by atoms with Gasteiger partial charge in [0.25, 0.3) is 0 Å². The molecule has 24 heavy (non-hydrogen) atoms. The van der Waals surface area contributed by atoms with Crippen LogP contribution in [0.2, 0.25) is 0 Å². The molecule has 2 heterocycles. The summed E-state index contributed by atoms with van der Waals surface area (Å²) in [6, 6.07) is 3.41. The highest BCUT2D eigenvalue weighted by atomic mass is 19.4. The van der Waals surface area contributed by atoms with Gasteiger partial charge in [-0.3, -0.25) is 0 Å². The average molecular weight is 343 g/mol. The van der Waals surface area contributed by atoms with Gasteiger partial charge in [0, 0.05) is 13.6 Å². The maximum absolute atomic E-state index is 12.8. The summed E-state index contributed by atoms with van der Waals surface area (Å²) in [5.74, 6) is 0.651.